The molecule has 0 aliphatic heterocycles. The van der Waals surface area contributed by atoms with Crippen molar-refractivity contribution in [3.63, 3.8) is 0 Å². The summed E-state index contributed by atoms with van der Waals surface area (Å²) in [5, 5.41) is 2.45. The monoisotopic (exact) mass is 289 g/mol. The highest BCUT2D eigenvalue weighted by atomic mass is 15.1. The van der Waals surface area contributed by atoms with Gasteiger partial charge in [-0.15, -0.1) is 0 Å². The third-order valence-corrected chi connectivity index (χ3v) is 4.55. The zero-order chi connectivity index (χ0) is 15.4. The number of nitrogen functional groups attached to an aromatic ring is 1. The van der Waals surface area contributed by atoms with Crippen molar-refractivity contribution >= 4 is 27.8 Å². The van der Waals surface area contributed by atoms with Gasteiger partial charge in [-0.1, -0.05) is 36.4 Å². The second kappa shape index (κ2) is 4.41. The van der Waals surface area contributed by atoms with Crippen molar-refractivity contribution in [1.82, 2.24) is 9.13 Å². The van der Waals surface area contributed by atoms with E-state index in [1.165, 1.54) is 33.1 Å². The molecular formula is C19H19N3. The Hall–Kier alpha value is -2.68. The van der Waals surface area contributed by atoms with Crippen molar-refractivity contribution in [3.8, 4) is 5.69 Å². The summed E-state index contributed by atoms with van der Waals surface area (Å²) in [6, 6.07) is 17.0. The molecule has 0 fully saturated rings. The standard InChI is InChI=1S/C19H19N3/c1-12-7-6-8-13(2)18(12)22-16-10-5-4-9-14(16)15-11-17(20)21(3)19(15)22/h4-11H,20H2,1-3H3. The lowest BCUT2D eigenvalue weighted by molar-refractivity contribution is 0.933. The van der Waals surface area contributed by atoms with Crippen LogP contribution < -0.4 is 5.73 Å². The average molecular weight is 289 g/mol. The minimum Gasteiger partial charge on any atom is -0.385 e. The number of hydrogen-bond donors (Lipinski definition) is 1. The minimum atomic E-state index is 0.788. The molecule has 4 rings (SSSR count). The molecule has 3 nitrogen and oxygen atoms in total. The molecule has 2 aromatic heterocycles. The van der Waals surface area contributed by atoms with Gasteiger partial charge in [0, 0.05) is 17.8 Å². The molecule has 0 aliphatic rings. The molecule has 0 amide bonds. The van der Waals surface area contributed by atoms with E-state index in [0.717, 1.165) is 11.5 Å². The second-order valence-corrected chi connectivity index (χ2v) is 5.96. The lowest BCUT2D eigenvalue weighted by atomic mass is 10.1. The van der Waals surface area contributed by atoms with E-state index in [0.29, 0.717) is 0 Å². The van der Waals surface area contributed by atoms with Gasteiger partial charge in [-0.05, 0) is 37.1 Å². The zero-order valence-electron chi connectivity index (χ0n) is 13.1. The van der Waals surface area contributed by atoms with Crippen molar-refractivity contribution in [2.45, 2.75) is 13.8 Å². The molecule has 0 bridgehead atoms. The largest absolute Gasteiger partial charge is 0.385 e. The third-order valence-electron chi connectivity index (χ3n) is 4.55. The molecule has 0 spiro atoms. The van der Waals surface area contributed by atoms with E-state index in [9.17, 15) is 0 Å². The van der Waals surface area contributed by atoms with E-state index < -0.39 is 0 Å². The Kier molecular flexibility index (Phi) is 2.61. The molecule has 4 aromatic rings. The van der Waals surface area contributed by atoms with Gasteiger partial charge in [-0.25, -0.2) is 0 Å². The van der Waals surface area contributed by atoms with E-state index in [1.807, 2.05) is 7.05 Å². The Morgan fingerprint density at radius 2 is 1.55 bits per heavy atom. The maximum absolute atomic E-state index is 6.16. The highest BCUT2D eigenvalue weighted by Gasteiger charge is 2.18. The Morgan fingerprint density at radius 1 is 0.864 bits per heavy atom. The van der Waals surface area contributed by atoms with Gasteiger partial charge >= 0.3 is 0 Å². The summed E-state index contributed by atoms with van der Waals surface area (Å²) in [6.45, 7) is 4.32. The maximum Gasteiger partial charge on any atom is 0.127 e. The van der Waals surface area contributed by atoms with E-state index in [4.69, 9.17) is 5.73 Å². The van der Waals surface area contributed by atoms with Crippen LogP contribution in [0.3, 0.4) is 0 Å². The molecule has 0 saturated carbocycles. The quantitative estimate of drug-likeness (QED) is 0.556. The van der Waals surface area contributed by atoms with Crippen LogP contribution in [-0.4, -0.2) is 9.13 Å². The number of benzene rings is 2. The summed E-state index contributed by atoms with van der Waals surface area (Å²) >= 11 is 0. The van der Waals surface area contributed by atoms with Crippen LogP contribution in [0.5, 0.6) is 0 Å². The second-order valence-electron chi connectivity index (χ2n) is 5.96. The molecule has 22 heavy (non-hydrogen) atoms. The van der Waals surface area contributed by atoms with E-state index in [-0.39, 0.29) is 0 Å². The smallest absolute Gasteiger partial charge is 0.127 e. The summed E-state index contributed by atoms with van der Waals surface area (Å²) in [5.41, 5.74) is 12.3. The molecule has 0 aliphatic carbocycles. The molecule has 0 atom stereocenters. The lowest BCUT2D eigenvalue weighted by Gasteiger charge is -2.15. The van der Waals surface area contributed by atoms with Crippen molar-refractivity contribution < 1.29 is 0 Å². The zero-order valence-corrected chi connectivity index (χ0v) is 13.1. The van der Waals surface area contributed by atoms with Crippen LogP contribution in [0.4, 0.5) is 5.82 Å². The van der Waals surface area contributed by atoms with Gasteiger partial charge in [0.25, 0.3) is 0 Å². The van der Waals surface area contributed by atoms with Gasteiger partial charge in [0.1, 0.15) is 11.5 Å². The van der Waals surface area contributed by atoms with Gasteiger partial charge in [0.05, 0.1) is 11.2 Å². The Balaban J connectivity index is 2.29. The van der Waals surface area contributed by atoms with Gasteiger partial charge in [0.2, 0.25) is 0 Å². The fourth-order valence-electron chi connectivity index (χ4n) is 3.48. The molecule has 2 heterocycles. The van der Waals surface area contributed by atoms with E-state index >= 15 is 0 Å². The van der Waals surface area contributed by atoms with E-state index in [1.54, 1.807) is 0 Å². The lowest BCUT2D eigenvalue weighted by Crippen LogP contribution is -2.04. The molecule has 0 saturated heterocycles. The van der Waals surface area contributed by atoms with Crippen LogP contribution in [0.25, 0.3) is 27.6 Å². The van der Waals surface area contributed by atoms with Crippen molar-refractivity contribution in [1.29, 1.82) is 0 Å². The Morgan fingerprint density at radius 3 is 2.27 bits per heavy atom. The molecule has 0 radical (unpaired) electrons. The highest BCUT2D eigenvalue weighted by Crippen LogP contribution is 2.36. The SMILES string of the molecule is Cc1cccc(C)c1-n1c2ccccc2c2cc(N)n(C)c21. The third kappa shape index (κ3) is 1.56. The molecule has 110 valence electrons. The van der Waals surface area contributed by atoms with Crippen LogP contribution in [0.2, 0.25) is 0 Å². The number of aromatic nitrogens is 2. The summed E-state index contributed by atoms with van der Waals surface area (Å²) in [7, 11) is 2.03. The Labute approximate surface area is 129 Å². The predicted molar refractivity (Wildman–Crippen MR) is 93.6 cm³/mol. The van der Waals surface area contributed by atoms with Crippen LogP contribution in [0.15, 0.2) is 48.5 Å². The molecule has 3 heteroatoms. The minimum absolute atomic E-state index is 0.788. The fourth-order valence-corrected chi connectivity index (χ4v) is 3.48. The van der Waals surface area contributed by atoms with Gasteiger partial charge in [-0.3, -0.25) is 4.57 Å². The first-order valence-electron chi connectivity index (χ1n) is 7.50. The van der Waals surface area contributed by atoms with Gasteiger partial charge < -0.3 is 10.3 Å². The van der Waals surface area contributed by atoms with Crippen molar-refractivity contribution in [2.24, 2.45) is 7.05 Å². The molecule has 0 unspecified atom stereocenters. The van der Waals surface area contributed by atoms with Crippen LogP contribution >= 0.6 is 0 Å². The number of aryl methyl sites for hydroxylation is 3. The normalized spacial score (nSPS) is 11.6. The topological polar surface area (TPSA) is 35.9 Å². The van der Waals surface area contributed by atoms with Gasteiger partial charge in [-0.2, -0.15) is 0 Å². The fraction of sp³-hybridized carbons (Fsp3) is 0.158. The first-order chi connectivity index (χ1) is 10.6. The Bertz CT molecular complexity index is 998. The first-order valence-corrected chi connectivity index (χ1v) is 7.50. The van der Waals surface area contributed by atoms with Crippen molar-refractivity contribution in [2.75, 3.05) is 5.73 Å². The number of hydrogen-bond acceptors (Lipinski definition) is 1. The van der Waals surface area contributed by atoms with Gasteiger partial charge in [0.15, 0.2) is 0 Å². The summed E-state index contributed by atoms with van der Waals surface area (Å²) in [5.74, 6) is 0.788. The first kappa shape index (κ1) is 13.0. The number of fused-ring (bicyclic) bond motifs is 3. The molecular weight excluding hydrogens is 270 g/mol. The van der Waals surface area contributed by atoms with Crippen LogP contribution in [0.1, 0.15) is 11.1 Å². The summed E-state index contributed by atoms with van der Waals surface area (Å²) < 4.78 is 4.41. The number of rotatable bonds is 1. The van der Waals surface area contributed by atoms with Crippen LogP contribution in [-0.2, 0) is 7.05 Å². The average Bonchev–Trinajstić information content (AvgIpc) is 2.96. The maximum atomic E-state index is 6.16. The predicted octanol–water partition coefficient (Wildman–Crippen LogP) is 4.32. The summed E-state index contributed by atoms with van der Waals surface area (Å²) in [4.78, 5) is 0. The number of nitrogens with two attached hydrogens (primary N) is 1. The number of para-hydroxylation sites is 2. The van der Waals surface area contributed by atoms with Crippen LogP contribution in [0, 0.1) is 13.8 Å². The highest BCUT2D eigenvalue weighted by molar-refractivity contribution is 6.10. The number of nitrogens with zero attached hydrogens (tertiary/aromatic N) is 2. The van der Waals surface area contributed by atoms with Crippen molar-refractivity contribution in [3.05, 3.63) is 59.7 Å². The number of anilines is 1. The van der Waals surface area contributed by atoms with E-state index in [2.05, 4.69) is 71.5 Å². The molecule has 2 aromatic carbocycles. The summed E-state index contributed by atoms with van der Waals surface area (Å²) in [6.07, 6.45) is 0. The molecule has 2 N–H and O–H groups in total.